The van der Waals surface area contributed by atoms with Crippen molar-refractivity contribution in [2.75, 3.05) is 6.54 Å². The quantitative estimate of drug-likeness (QED) is 0.846. The smallest absolute Gasteiger partial charge is 0.261 e. The zero-order chi connectivity index (χ0) is 18.8. The topological polar surface area (TPSA) is 83.0 Å². The average Bonchev–Trinajstić information content (AvgIpc) is 3.04. The van der Waals surface area contributed by atoms with E-state index in [-0.39, 0.29) is 18.4 Å². The van der Waals surface area contributed by atoms with Gasteiger partial charge in [0.25, 0.3) is 5.91 Å². The molecule has 2 aliphatic rings. The van der Waals surface area contributed by atoms with Gasteiger partial charge in [-0.15, -0.1) is 0 Å². The molecule has 138 valence electrons. The minimum Gasteiger partial charge on any atom is -0.480 e. The number of nitrogens with zero attached hydrogens (tertiary/aromatic N) is 2. The Morgan fingerprint density at radius 1 is 1.22 bits per heavy atom. The number of hydrogen-bond donors (Lipinski definition) is 2. The summed E-state index contributed by atoms with van der Waals surface area (Å²) in [6.07, 6.45) is -0.649. The van der Waals surface area contributed by atoms with Gasteiger partial charge in [0, 0.05) is 12.1 Å². The molecule has 0 aliphatic carbocycles. The molecule has 7 nitrogen and oxygen atoms in total. The highest BCUT2D eigenvalue weighted by Crippen LogP contribution is 2.34. The number of carbonyl (C=O) groups excluding carboxylic acids is 2. The summed E-state index contributed by atoms with van der Waals surface area (Å²) >= 11 is 0. The van der Waals surface area contributed by atoms with Crippen LogP contribution < -0.4 is 15.4 Å². The molecule has 2 aliphatic heterocycles. The summed E-state index contributed by atoms with van der Waals surface area (Å²) in [7, 11) is 0. The van der Waals surface area contributed by atoms with Crippen molar-refractivity contribution in [3.05, 3.63) is 59.7 Å². The Bertz CT molecular complexity index is 911. The Hall–Kier alpha value is -3.35. The van der Waals surface area contributed by atoms with Crippen molar-refractivity contribution in [1.82, 2.24) is 15.5 Å². The van der Waals surface area contributed by atoms with Crippen LogP contribution in [0.5, 0.6) is 5.75 Å². The van der Waals surface area contributed by atoms with Gasteiger partial charge in [0.2, 0.25) is 11.9 Å². The second kappa shape index (κ2) is 7.11. The van der Waals surface area contributed by atoms with Crippen molar-refractivity contribution in [2.24, 2.45) is 4.99 Å². The van der Waals surface area contributed by atoms with Gasteiger partial charge in [0.05, 0.1) is 12.2 Å². The minimum atomic E-state index is -0.649. The van der Waals surface area contributed by atoms with E-state index in [1.165, 1.54) is 0 Å². The maximum Gasteiger partial charge on any atom is 0.261 e. The highest BCUT2D eigenvalue weighted by atomic mass is 16.5. The van der Waals surface area contributed by atoms with Gasteiger partial charge in [-0.05, 0) is 24.6 Å². The third kappa shape index (κ3) is 3.62. The van der Waals surface area contributed by atoms with E-state index in [1.54, 1.807) is 6.92 Å². The number of aliphatic imine (C=N–C) groups is 1. The molecule has 2 N–H and O–H groups in total. The first-order valence-electron chi connectivity index (χ1n) is 8.84. The van der Waals surface area contributed by atoms with Crippen LogP contribution in [0.25, 0.3) is 0 Å². The van der Waals surface area contributed by atoms with Crippen molar-refractivity contribution < 1.29 is 14.3 Å². The van der Waals surface area contributed by atoms with Crippen LogP contribution in [-0.2, 0) is 22.7 Å². The lowest BCUT2D eigenvalue weighted by molar-refractivity contribution is -0.127. The molecule has 1 saturated heterocycles. The monoisotopic (exact) mass is 364 g/mol. The van der Waals surface area contributed by atoms with E-state index in [1.807, 2.05) is 53.4 Å². The molecular formula is C20H20N4O3. The highest BCUT2D eigenvalue weighted by Gasteiger charge is 2.31. The van der Waals surface area contributed by atoms with Gasteiger partial charge >= 0.3 is 0 Å². The zero-order valence-electron chi connectivity index (χ0n) is 14.9. The molecule has 1 unspecified atom stereocenters. The van der Waals surface area contributed by atoms with Gasteiger partial charge < -0.3 is 15.0 Å². The van der Waals surface area contributed by atoms with Crippen LogP contribution >= 0.6 is 0 Å². The van der Waals surface area contributed by atoms with Crippen LogP contribution in [0.2, 0.25) is 0 Å². The Balaban J connectivity index is 1.44. The molecular weight excluding hydrogens is 344 g/mol. The Kier molecular flexibility index (Phi) is 4.50. The molecule has 2 amide bonds. The molecule has 2 aromatic carbocycles. The molecule has 0 spiro atoms. The molecule has 27 heavy (non-hydrogen) atoms. The van der Waals surface area contributed by atoms with E-state index in [2.05, 4.69) is 15.6 Å². The fraction of sp³-hybridized carbons (Fsp3) is 0.250. The van der Waals surface area contributed by atoms with E-state index >= 15 is 0 Å². The number of amides is 2. The second-order valence-electron chi connectivity index (χ2n) is 6.56. The average molecular weight is 364 g/mol. The van der Waals surface area contributed by atoms with Crippen LogP contribution in [-0.4, -0.2) is 35.3 Å². The van der Waals surface area contributed by atoms with E-state index in [9.17, 15) is 9.59 Å². The molecule has 7 heteroatoms. The third-order valence-electron chi connectivity index (χ3n) is 4.55. The van der Waals surface area contributed by atoms with Crippen LogP contribution in [0.1, 0.15) is 18.1 Å². The molecule has 0 radical (unpaired) electrons. The number of rotatable bonds is 5. The van der Waals surface area contributed by atoms with Gasteiger partial charge in [-0.1, -0.05) is 36.4 Å². The number of guanidine groups is 1. The van der Waals surface area contributed by atoms with Gasteiger partial charge in [-0.3, -0.25) is 14.9 Å². The van der Waals surface area contributed by atoms with E-state index in [0.717, 1.165) is 16.8 Å². The Morgan fingerprint density at radius 3 is 2.85 bits per heavy atom. The molecule has 0 bridgehead atoms. The summed E-state index contributed by atoms with van der Waals surface area (Å²) < 4.78 is 5.92. The van der Waals surface area contributed by atoms with Crippen molar-refractivity contribution in [3.8, 4) is 5.75 Å². The van der Waals surface area contributed by atoms with Gasteiger partial charge in [-0.2, -0.15) is 0 Å². The number of fused-ring (bicyclic) bond motifs is 2. The lowest BCUT2D eigenvalue weighted by Gasteiger charge is -2.25. The maximum atomic E-state index is 12.4. The fourth-order valence-electron chi connectivity index (χ4n) is 3.13. The second-order valence-corrected chi connectivity index (χ2v) is 6.56. The molecule has 1 fully saturated rings. The summed E-state index contributed by atoms with van der Waals surface area (Å²) in [6, 6.07) is 15.3. The summed E-state index contributed by atoms with van der Waals surface area (Å²) in [5.74, 6) is 0.919. The largest absolute Gasteiger partial charge is 0.480 e. The first-order chi connectivity index (χ1) is 13.1. The number of benzene rings is 2. The van der Waals surface area contributed by atoms with E-state index < -0.39 is 6.10 Å². The molecule has 4 rings (SSSR count). The predicted molar refractivity (Wildman–Crippen MR) is 100 cm³/mol. The first kappa shape index (κ1) is 17.1. The van der Waals surface area contributed by atoms with Crippen LogP contribution in [0.4, 0.5) is 5.69 Å². The summed E-state index contributed by atoms with van der Waals surface area (Å²) in [5.41, 5.74) is 2.65. The van der Waals surface area contributed by atoms with E-state index in [4.69, 9.17) is 4.74 Å². The Morgan fingerprint density at radius 2 is 2.04 bits per heavy atom. The summed E-state index contributed by atoms with van der Waals surface area (Å²) in [5, 5.41) is 5.62. The van der Waals surface area contributed by atoms with Gasteiger partial charge in [0.1, 0.15) is 12.3 Å². The fourth-order valence-corrected chi connectivity index (χ4v) is 3.13. The number of nitrogens with one attached hydrogen (secondary N) is 2. The molecule has 0 aromatic heterocycles. The first-order valence-corrected chi connectivity index (χ1v) is 8.84. The van der Waals surface area contributed by atoms with Crippen molar-refractivity contribution >= 4 is 23.5 Å². The summed E-state index contributed by atoms with van der Waals surface area (Å²) in [4.78, 5) is 30.3. The minimum absolute atomic E-state index is 0.0716. The number of carbonyl (C=O) groups is 2. The molecule has 0 saturated carbocycles. The van der Waals surface area contributed by atoms with Gasteiger partial charge in [0.15, 0.2) is 6.10 Å². The van der Waals surface area contributed by atoms with Crippen LogP contribution in [0.3, 0.4) is 0 Å². The molecule has 1 atom stereocenters. The van der Waals surface area contributed by atoms with Gasteiger partial charge in [-0.25, -0.2) is 4.99 Å². The van der Waals surface area contributed by atoms with Crippen molar-refractivity contribution in [2.45, 2.75) is 26.1 Å². The zero-order valence-corrected chi connectivity index (χ0v) is 14.9. The highest BCUT2D eigenvalue weighted by molar-refractivity contribution is 6.05. The Labute approximate surface area is 157 Å². The standard InChI is InChI=1S/C20H20N4O3/c1-13(19(26)21-10-14-6-3-2-4-7-14)27-17-9-5-8-16-15(17)11-24-12-18(25)23-20(24)22-16/h2-9,13H,10-12H2,1H3,(H,21,26)(H,22,23,25). The number of ether oxygens (including phenoxy) is 1. The van der Waals surface area contributed by atoms with Crippen molar-refractivity contribution in [3.63, 3.8) is 0 Å². The van der Waals surface area contributed by atoms with Crippen LogP contribution in [0, 0.1) is 0 Å². The molecule has 2 aromatic rings. The maximum absolute atomic E-state index is 12.4. The summed E-state index contributed by atoms with van der Waals surface area (Å²) in [6.45, 7) is 2.97. The SMILES string of the molecule is CC(Oc1cccc2c1CN1CC(=O)NC1=N2)C(=O)NCc1ccccc1. The lowest BCUT2D eigenvalue weighted by Crippen LogP contribution is -2.36. The molecule has 2 heterocycles. The lowest BCUT2D eigenvalue weighted by atomic mass is 10.1. The van der Waals surface area contributed by atoms with Crippen LogP contribution in [0.15, 0.2) is 53.5 Å². The normalized spacial score (nSPS) is 16.0. The van der Waals surface area contributed by atoms with Crippen molar-refractivity contribution in [1.29, 1.82) is 0 Å². The third-order valence-corrected chi connectivity index (χ3v) is 4.55. The number of hydrogen-bond acceptors (Lipinski definition) is 5. The predicted octanol–water partition coefficient (Wildman–Crippen LogP) is 1.70. The van der Waals surface area contributed by atoms with E-state index in [0.29, 0.717) is 24.8 Å².